The number of hydrogen-bond acceptors (Lipinski definition) is 4. The van der Waals surface area contributed by atoms with Crippen molar-refractivity contribution in [1.29, 1.82) is 5.26 Å². The van der Waals surface area contributed by atoms with Gasteiger partial charge in [-0.25, -0.2) is 0 Å². The summed E-state index contributed by atoms with van der Waals surface area (Å²) in [5, 5.41) is 11.7. The summed E-state index contributed by atoms with van der Waals surface area (Å²) < 4.78 is 0. The highest BCUT2D eigenvalue weighted by Crippen LogP contribution is 2.23. The van der Waals surface area contributed by atoms with Gasteiger partial charge in [-0.05, 0) is 26.7 Å². The third-order valence-electron chi connectivity index (χ3n) is 3.46. The van der Waals surface area contributed by atoms with E-state index < -0.39 is 23.7 Å². The molecule has 1 heterocycles. The van der Waals surface area contributed by atoms with Crippen LogP contribution in [-0.4, -0.2) is 41.1 Å². The quantitative estimate of drug-likeness (QED) is 0.761. The fourth-order valence-electron chi connectivity index (χ4n) is 2.47. The minimum Gasteiger partial charge on any atom is -0.352 e. The second kappa shape index (κ2) is 7.21. The number of amides is 2. The molecule has 0 unspecified atom stereocenters. The molecule has 0 radical (unpaired) electrons. The van der Waals surface area contributed by atoms with E-state index in [1.54, 1.807) is 33.8 Å². The Balaban J connectivity index is 2.87. The van der Waals surface area contributed by atoms with Crippen molar-refractivity contribution >= 4 is 17.6 Å². The van der Waals surface area contributed by atoms with Crippen molar-refractivity contribution in [2.45, 2.75) is 52.6 Å². The number of Topliss-reactive ketones (excluding diaryl/α,β-unsaturated/α-hetero) is 1. The summed E-state index contributed by atoms with van der Waals surface area (Å²) >= 11 is 0. The van der Waals surface area contributed by atoms with E-state index in [0.29, 0.717) is 13.0 Å². The van der Waals surface area contributed by atoms with Gasteiger partial charge in [0.25, 0.3) is 0 Å². The normalized spacial score (nSPS) is 19.5. The number of ketones is 1. The fourth-order valence-corrected chi connectivity index (χ4v) is 2.47. The lowest BCUT2D eigenvalue weighted by atomic mass is 9.96. The van der Waals surface area contributed by atoms with E-state index in [0.717, 1.165) is 6.42 Å². The lowest BCUT2D eigenvalue weighted by Gasteiger charge is -2.26. The van der Waals surface area contributed by atoms with Crippen LogP contribution in [0.4, 0.5) is 0 Å². The summed E-state index contributed by atoms with van der Waals surface area (Å²) in [6.45, 7) is 7.59. The first-order valence-electron chi connectivity index (χ1n) is 7.33. The molecular weight excluding hydrogens is 270 g/mol. The summed E-state index contributed by atoms with van der Waals surface area (Å²) in [6, 6.07) is 0.982. The zero-order valence-corrected chi connectivity index (χ0v) is 13.0. The molecule has 1 N–H and O–H groups in total. The number of carbonyl (C=O) groups excluding carboxylic acids is 3. The maximum Gasteiger partial charge on any atom is 0.245 e. The molecule has 116 valence electrons. The van der Waals surface area contributed by atoms with E-state index in [4.69, 9.17) is 5.26 Å². The van der Waals surface area contributed by atoms with E-state index in [1.807, 2.05) is 0 Å². The molecule has 1 fully saturated rings. The Morgan fingerprint density at radius 1 is 1.24 bits per heavy atom. The van der Waals surface area contributed by atoms with Gasteiger partial charge in [0.15, 0.2) is 11.7 Å². The summed E-state index contributed by atoms with van der Waals surface area (Å²) in [7, 11) is 0. The Bertz CT molecular complexity index is 465. The van der Waals surface area contributed by atoms with Crippen LogP contribution in [0.5, 0.6) is 0 Å². The van der Waals surface area contributed by atoms with Crippen molar-refractivity contribution in [1.82, 2.24) is 10.2 Å². The van der Waals surface area contributed by atoms with Crippen molar-refractivity contribution in [2.24, 2.45) is 11.8 Å². The highest BCUT2D eigenvalue weighted by atomic mass is 16.2. The molecule has 0 aromatic rings. The second-order valence-electron chi connectivity index (χ2n) is 5.97. The third-order valence-corrected chi connectivity index (χ3v) is 3.46. The molecule has 0 spiro atoms. The zero-order chi connectivity index (χ0) is 16.2. The molecule has 1 saturated heterocycles. The van der Waals surface area contributed by atoms with Crippen LogP contribution in [0, 0.1) is 23.2 Å². The third kappa shape index (κ3) is 4.03. The number of carbonyl (C=O) groups is 3. The Morgan fingerprint density at radius 3 is 2.33 bits per heavy atom. The molecule has 6 nitrogen and oxygen atoms in total. The van der Waals surface area contributed by atoms with Gasteiger partial charge in [-0.1, -0.05) is 13.8 Å². The van der Waals surface area contributed by atoms with Gasteiger partial charge in [0.2, 0.25) is 11.8 Å². The van der Waals surface area contributed by atoms with E-state index in [-0.39, 0.29) is 17.9 Å². The lowest BCUT2D eigenvalue weighted by Crippen LogP contribution is -2.48. The van der Waals surface area contributed by atoms with Crippen LogP contribution >= 0.6 is 0 Å². The minimum atomic E-state index is -1.35. The molecule has 2 atom stereocenters. The summed E-state index contributed by atoms with van der Waals surface area (Å²) in [4.78, 5) is 38.0. The number of nitriles is 1. The Labute approximate surface area is 125 Å². The SMILES string of the molecule is CC(C)NC(=O)[C@H](C#N)C(=O)[C@@H]1CCCN1C(=O)C(C)C. The van der Waals surface area contributed by atoms with E-state index in [2.05, 4.69) is 5.32 Å². The first-order chi connectivity index (χ1) is 9.79. The molecule has 0 saturated carbocycles. The van der Waals surface area contributed by atoms with Crippen LogP contribution in [0.2, 0.25) is 0 Å². The minimum absolute atomic E-state index is 0.105. The second-order valence-corrected chi connectivity index (χ2v) is 5.97. The van der Waals surface area contributed by atoms with Gasteiger partial charge in [-0.3, -0.25) is 14.4 Å². The fraction of sp³-hybridized carbons (Fsp3) is 0.733. The summed E-state index contributed by atoms with van der Waals surface area (Å²) in [6.07, 6.45) is 1.24. The highest BCUT2D eigenvalue weighted by molar-refractivity contribution is 6.07. The zero-order valence-electron chi connectivity index (χ0n) is 13.0. The molecule has 1 aliphatic heterocycles. The predicted molar refractivity (Wildman–Crippen MR) is 77.0 cm³/mol. The Kier molecular flexibility index (Phi) is 5.89. The molecule has 1 rings (SSSR count). The van der Waals surface area contributed by atoms with Crippen molar-refractivity contribution < 1.29 is 14.4 Å². The van der Waals surface area contributed by atoms with Crippen molar-refractivity contribution in [3.05, 3.63) is 0 Å². The van der Waals surface area contributed by atoms with Gasteiger partial charge in [0.1, 0.15) is 0 Å². The van der Waals surface area contributed by atoms with Crippen LogP contribution in [0.3, 0.4) is 0 Å². The lowest BCUT2D eigenvalue weighted by molar-refractivity contribution is -0.143. The van der Waals surface area contributed by atoms with E-state index in [9.17, 15) is 14.4 Å². The topological polar surface area (TPSA) is 90.3 Å². The van der Waals surface area contributed by atoms with E-state index in [1.165, 1.54) is 4.90 Å². The number of nitrogens with one attached hydrogen (secondary N) is 1. The Morgan fingerprint density at radius 2 is 1.86 bits per heavy atom. The van der Waals surface area contributed by atoms with Gasteiger partial charge in [-0.2, -0.15) is 5.26 Å². The first-order valence-corrected chi connectivity index (χ1v) is 7.33. The number of likely N-dealkylation sites (tertiary alicyclic amines) is 1. The molecule has 2 amide bonds. The molecule has 0 aromatic carbocycles. The molecule has 21 heavy (non-hydrogen) atoms. The molecule has 0 bridgehead atoms. The largest absolute Gasteiger partial charge is 0.352 e. The van der Waals surface area contributed by atoms with E-state index >= 15 is 0 Å². The average Bonchev–Trinajstić information content (AvgIpc) is 2.86. The van der Waals surface area contributed by atoms with Crippen LogP contribution in [0.25, 0.3) is 0 Å². The predicted octanol–water partition coefficient (Wildman–Crippen LogP) is 0.867. The van der Waals surface area contributed by atoms with Crippen LogP contribution in [0.15, 0.2) is 0 Å². The number of hydrogen-bond donors (Lipinski definition) is 1. The highest BCUT2D eigenvalue weighted by Gasteiger charge is 2.40. The standard InChI is InChI=1S/C15H23N3O3/c1-9(2)15(21)18-7-5-6-12(18)13(19)11(8-16)14(20)17-10(3)4/h9-12H,5-7H2,1-4H3,(H,17,20)/t11-,12+/m1/s1. The maximum absolute atomic E-state index is 12.5. The van der Waals surface area contributed by atoms with Crippen molar-refractivity contribution in [3.8, 4) is 6.07 Å². The summed E-state index contributed by atoms with van der Waals surface area (Å²) in [5.41, 5.74) is 0. The maximum atomic E-state index is 12.5. The van der Waals surface area contributed by atoms with Crippen LogP contribution in [-0.2, 0) is 14.4 Å². The van der Waals surface area contributed by atoms with Gasteiger partial charge in [-0.15, -0.1) is 0 Å². The van der Waals surface area contributed by atoms with Crippen molar-refractivity contribution in [3.63, 3.8) is 0 Å². The van der Waals surface area contributed by atoms with Crippen LogP contribution in [0.1, 0.15) is 40.5 Å². The molecule has 1 aliphatic rings. The molecule has 0 aliphatic carbocycles. The average molecular weight is 293 g/mol. The van der Waals surface area contributed by atoms with Gasteiger partial charge < -0.3 is 10.2 Å². The Hall–Kier alpha value is -1.90. The monoisotopic (exact) mass is 293 g/mol. The molecule has 6 heteroatoms. The molecular formula is C15H23N3O3. The van der Waals surface area contributed by atoms with Crippen LogP contribution < -0.4 is 5.32 Å². The van der Waals surface area contributed by atoms with Gasteiger partial charge in [0, 0.05) is 18.5 Å². The van der Waals surface area contributed by atoms with Crippen molar-refractivity contribution in [2.75, 3.05) is 6.54 Å². The number of nitrogens with zero attached hydrogens (tertiary/aromatic N) is 2. The number of rotatable bonds is 5. The van der Waals surface area contributed by atoms with Gasteiger partial charge in [0.05, 0.1) is 12.1 Å². The molecule has 0 aromatic heterocycles. The summed E-state index contributed by atoms with van der Waals surface area (Å²) in [5.74, 6) is -2.71. The smallest absolute Gasteiger partial charge is 0.245 e. The van der Waals surface area contributed by atoms with Gasteiger partial charge >= 0.3 is 0 Å². The first kappa shape index (κ1) is 17.2.